The minimum Gasteiger partial charge on any atom is -0.353 e. The SMILES string of the molecule is CC(C)C(NC(=O)C(C)(C)C)C(=O)NCCN. The fraction of sp³-hybridized carbons (Fsp3) is 0.833. The number of carbonyl (C=O) groups is 2. The number of nitrogens with two attached hydrogens (primary N) is 1. The molecule has 4 N–H and O–H groups in total. The highest BCUT2D eigenvalue weighted by Gasteiger charge is 2.29. The van der Waals surface area contributed by atoms with Crippen molar-refractivity contribution in [2.24, 2.45) is 17.1 Å². The van der Waals surface area contributed by atoms with Crippen LogP contribution in [-0.2, 0) is 9.59 Å². The van der Waals surface area contributed by atoms with Gasteiger partial charge in [0.2, 0.25) is 11.8 Å². The number of amides is 2. The molecule has 5 nitrogen and oxygen atoms in total. The van der Waals surface area contributed by atoms with Crippen LogP contribution in [0.5, 0.6) is 0 Å². The van der Waals surface area contributed by atoms with Crippen LogP contribution in [0.1, 0.15) is 34.6 Å². The van der Waals surface area contributed by atoms with Crippen molar-refractivity contribution in [2.75, 3.05) is 13.1 Å². The first-order chi connectivity index (χ1) is 7.70. The van der Waals surface area contributed by atoms with Gasteiger partial charge in [0.25, 0.3) is 0 Å². The molecule has 0 heterocycles. The van der Waals surface area contributed by atoms with E-state index in [9.17, 15) is 9.59 Å². The standard InChI is InChI=1S/C12H25N3O2/c1-8(2)9(10(16)14-7-6-13)15-11(17)12(3,4)5/h8-9H,6-7,13H2,1-5H3,(H,14,16)(H,15,17). The van der Waals surface area contributed by atoms with E-state index in [-0.39, 0.29) is 17.7 Å². The molecule has 0 saturated heterocycles. The fourth-order valence-electron chi connectivity index (χ4n) is 1.20. The first-order valence-corrected chi connectivity index (χ1v) is 5.99. The molecule has 100 valence electrons. The predicted octanol–water partition coefficient (Wildman–Crippen LogP) is 0.248. The smallest absolute Gasteiger partial charge is 0.242 e. The molecule has 0 fully saturated rings. The van der Waals surface area contributed by atoms with Crippen molar-refractivity contribution in [3.8, 4) is 0 Å². The highest BCUT2D eigenvalue weighted by Crippen LogP contribution is 2.14. The minimum absolute atomic E-state index is 0.0408. The van der Waals surface area contributed by atoms with Crippen LogP contribution >= 0.6 is 0 Å². The Balaban J connectivity index is 4.55. The van der Waals surface area contributed by atoms with Crippen molar-refractivity contribution in [3.05, 3.63) is 0 Å². The van der Waals surface area contributed by atoms with Gasteiger partial charge in [-0.2, -0.15) is 0 Å². The van der Waals surface area contributed by atoms with Crippen molar-refractivity contribution in [2.45, 2.75) is 40.7 Å². The number of nitrogens with one attached hydrogen (secondary N) is 2. The van der Waals surface area contributed by atoms with Crippen molar-refractivity contribution in [1.82, 2.24) is 10.6 Å². The molecule has 0 aliphatic carbocycles. The zero-order valence-corrected chi connectivity index (χ0v) is 11.5. The summed E-state index contributed by atoms with van der Waals surface area (Å²) >= 11 is 0. The summed E-state index contributed by atoms with van der Waals surface area (Å²) in [5.74, 6) is -0.263. The van der Waals surface area contributed by atoms with Crippen LogP contribution in [-0.4, -0.2) is 30.9 Å². The van der Waals surface area contributed by atoms with Gasteiger partial charge < -0.3 is 16.4 Å². The van der Waals surface area contributed by atoms with Crippen LogP contribution in [0.15, 0.2) is 0 Å². The average Bonchev–Trinajstić information content (AvgIpc) is 2.20. The van der Waals surface area contributed by atoms with Crippen molar-refractivity contribution < 1.29 is 9.59 Å². The highest BCUT2D eigenvalue weighted by atomic mass is 16.2. The number of hydrogen-bond acceptors (Lipinski definition) is 3. The molecule has 0 radical (unpaired) electrons. The van der Waals surface area contributed by atoms with E-state index in [4.69, 9.17) is 5.73 Å². The van der Waals surface area contributed by atoms with Gasteiger partial charge in [0.15, 0.2) is 0 Å². The lowest BCUT2D eigenvalue weighted by molar-refractivity contribution is -0.134. The van der Waals surface area contributed by atoms with Gasteiger partial charge in [0.1, 0.15) is 6.04 Å². The van der Waals surface area contributed by atoms with Gasteiger partial charge in [-0.05, 0) is 5.92 Å². The van der Waals surface area contributed by atoms with E-state index in [1.165, 1.54) is 0 Å². The normalized spacial score (nSPS) is 13.4. The van der Waals surface area contributed by atoms with Crippen LogP contribution in [0.2, 0.25) is 0 Å². The number of hydrogen-bond donors (Lipinski definition) is 3. The number of rotatable bonds is 5. The summed E-state index contributed by atoms with van der Waals surface area (Å²) in [4.78, 5) is 23.7. The largest absolute Gasteiger partial charge is 0.353 e. The second kappa shape index (κ2) is 6.59. The topological polar surface area (TPSA) is 84.2 Å². The summed E-state index contributed by atoms with van der Waals surface area (Å²) in [7, 11) is 0. The molecule has 0 aromatic rings. The van der Waals surface area contributed by atoms with Gasteiger partial charge in [-0.15, -0.1) is 0 Å². The van der Waals surface area contributed by atoms with Crippen LogP contribution in [0.25, 0.3) is 0 Å². The first kappa shape index (κ1) is 15.9. The third kappa shape index (κ3) is 5.68. The lowest BCUT2D eigenvalue weighted by Crippen LogP contribution is -2.52. The Kier molecular flexibility index (Phi) is 6.16. The second-order valence-corrected chi connectivity index (χ2v) is 5.52. The van der Waals surface area contributed by atoms with Crippen LogP contribution in [0, 0.1) is 11.3 Å². The summed E-state index contributed by atoms with van der Waals surface area (Å²) in [5.41, 5.74) is 4.82. The molecule has 5 heteroatoms. The summed E-state index contributed by atoms with van der Waals surface area (Å²) in [6.45, 7) is 10.1. The minimum atomic E-state index is -0.506. The third-order valence-electron chi connectivity index (χ3n) is 2.36. The summed E-state index contributed by atoms with van der Waals surface area (Å²) in [5, 5.41) is 5.47. The molecule has 1 unspecified atom stereocenters. The van der Waals surface area contributed by atoms with E-state index in [2.05, 4.69) is 10.6 Å². The molecular weight excluding hydrogens is 218 g/mol. The lowest BCUT2D eigenvalue weighted by atomic mass is 9.93. The van der Waals surface area contributed by atoms with E-state index in [1.54, 1.807) is 0 Å². The van der Waals surface area contributed by atoms with Gasteiger partial charge in [0, 0.05) is 18.5 Å². The Morgan fingerprint density at radius 1 is 1.24 bits per heavy atom. The quantitative estimate of drug-likeness (QED) is 0.647. The molecule has 0 aromatic heterocycles. The van der Waals surface area contributed by atoms with E-state index in [1.807, 2.05) is 34.6 Å². The van der Waals surface area contributed by atoms with Gasteiger partial charge >= 0.3 is 0 Å². The van der Waals surface area contributed by atoms with Gasteiger partial charge in [-0.25, -0.2) is 0 Å². The molecule has 0 aliphatic heterocycles. The molecule has 0 rings (SSSR count). The maximum absolute atomic E-state index is 11.8. The molecule has 2 amide bonds. The van der Waals surface area contributed by atoms with E-state index >= 15 is 0 Å². The maximum Gasteiger partial charge on any atom is 0.242 e. The summed E-state index contributed by atoms with van der Waals surface area (Å²) in [6, 6.07) is -0.506. The molecule has 0 saturated carbocycles. The van der Waals surface area contributed by atoms with Gasteiger partial charge in [-0.3, -0.25) is 9.59 Å². The van der Waals surface area contributed by atoms with E-state index in [0.29, 0.717) is 13.1 Å². The van der Waals surface area contributed by atoms with Crippen LogP contribution < -0.4 is 16.4 Å². The summed E-state index contributed by atoms with van der Waals surface area (Å²) in [6.07, 6.45) is 0. The first-order valence-electron chi connectivity index (χ1n) is 5.99. The average molecular weight is 243 g/mol. The Morgan fingerprint density at radius 3 is 2.12 bits per heavy atom. The maximum atomic E-state index is 11.8. The van der Waals surface area contributed by atoms with E-state index < -0.39 is 11.5 Å². The molecule has 17 heavy (non-hydrogen) atoms. The zero-order valence-electron chi connectivity index (χ0n) is 11.5. The highest BCUT2D eigenvalue weighted by molar-refractivity contribution is 5.89. The lowest BCUT2D eigenvalue weighted by Gasteiger charge is -2.26. The molecule has 0 aromatic carbocycles. The second-order valence-electron chi connectivity index (χ2n) is 5.52. The fourth-order valence-corrected chi connectivity index (χ4v) is 1.20. The van der Waals surface area contributed by atoms with Gasteiger partial charge in [-0.1, -0.05) is 34.6 Å². The Morgan fingerprint density at radius 2 is 1.76 bits per heavy atom. The van der Waals surface area contributed by atoms with Crippen molar-refractivity contribution >= 4 is 11.8 Å². The molecular formula is C12H25N3O2. The van der Waals surface area contributed by atoms with Crippen molar-refractivity contribution in [1.29, 1.82) is 0 Å². The third-order valence-corrected chi connectivity index (χ3v) is 2.36. The van der Waals surface area contributed by atoms with Gasteiger partial charge in [0.05, 0.1) is 0 Å². The Bertz CT molecular complexity index is 269. The summed E-state index contributed by atoms with van der Waals surface area (Å²) < 4.78 is 0. The van der Waals surface area contributed by atoms with Crippen LogP contribution in [0.4, 0.5) is 0 Å². The Hall–Kier alpha value is -1.10. The zero-order chi connectivity index (χ0) is 13.6. The molecule has 0 aliphatic rings. The molecule has 0 bridgehead atoms. The van der Waals surface area contributed by atoms with E-state index in [0.717, 1.165) is 0 Å². The molecule has 0 spiro atoms. The molecule has 1 atom stereocenters. The van der Waals surface area contributed by atoms with Crippen LogP contribution in [0.3, 0.4) is 0 Å². The Labute approximate surface area is 104 Å². The predicted molar refractivity (Wildman–Crippen MR) is 68.3 cm³/mol. The number of carbonyl (C=O) groups excluding carboxylic acids is 2. The monoisotopic (exact) mass is 243 g/mol. The van der Waals surface area contributed by atoms with Crippen molar-refractivity contribution in [3.63, 3.8) is 0 Å².